The molecule has 0 aliphatic carbocycles. The van der Waals surface area contributed by atoms with Gasteiger partial charge in [-0.15, -0.1) is 0 Å². The van der Waals surface area contributed by atoms with Crippen LogP contribution in [0.4, 0.5) is 0 Å². The Labute approximate surface area is 134 Å². The van der Waals surface area contributed by atoms with Gasteiger partial charge in [0.25, 0.3) is 0 Å². The van der Waals surface area contributed by atoms with Crippen LogP contribution in [-0.2, 0) is 0 Å². The molecule has 0 bridgehead atoms. The van der Waals surface area contributed by atoms with Crippen LogP contribution in [0.15, 0.2) is 48.8 Å². The molecule has 0 radical (unpaired) electrons. The highest BCUT2D eigenvalue weighted by Gasteiger charge is 2.33. The number of allylic oxidation sites excluding steroid dienone is 3. The second-order valence-electron chi connectivity index (χ2n) is 3.69. The molecular formula is C11H4Br3N5. The lowest BCUT2D eigenvalue weighted by molar-refractivity contribution is 0.596. The van der Waals surface area contributed by atoms with E-state index in [-0.39, 0.29) is 3.74 Å². The van der Waals surface area contributed by atoms with E-state index < -0.39 is 0 Å². The second-order valence-corrected chi connectivity index (χ2v) is 7.60. The summed E-state index contributed by atoms with van der Waals surface area (Å²) in [5, 5.41) is 9.18. The topological polar surface area (TPSA) is 64.1 Å². The smallest absolute Gasteiger partial charge is 0.161 e. The SMILES string of the molecule is N#CC1=C2N=C(C(Br)Br)N=C3C(Br)=CC=C(N=C1)N32. The summed E-state index contributed by atoms with van der Waals surface area (Å²) in [4.78, 5) is 14.9. The molecule has 5 nitrogen and oxygen atoms in total. The maximum absolute atomic E-state index is 9.18. The Bertz CT molecular complexity index is 688. The molecule has 0 fully saturated rings. The van der Waals surface area contributed by atoms with Crippen LogP contribution in [0, 0.1) is 11.3 Å². The molecule has 0 N–H and O–H groups in total. The Morgan fingerprint density at radius 2 is 2.05 bits per heavy atom. The van der Waals surface area contributed by atoms with Crippen molar-refractivity contribution in [1.29, 1.82) is 5.26 Å². The van der Waals surface area contributed by atoms with Crippen LogP contribution < -0.4 is 0 Å². The zero-order valence-electron chi connectivity index (χ0n) is 9.18. The zero-order valence-corrected chi connectivity index (χ0v) is 13.9. The van der Waals surface area contributed by atoms with Gasteiger partial charge in [-0.2, -0.15) is 5.26 Å². The van der Waals surface area contributed by atoms with Gasteiger partial charge in [-0.25, -0.2) is 15.0 Å². The third kappa shape index (κ3) is 2.06. The lowest BCUT2D eigenvalue weighted by Crippen LogP contribution is -2.37. The van der Waals surface area contributed by atoms with Crippen molar-refractivity contribution in [3.63, 3.8) is 0 Å². The molecule has 0 saturated heterocycles. The van der Waals surface area contributed by atoms with Gasteiger partial charge in [-0.05, 0) is 28.1 Å². The fourth-order valence-electron chi connectivity index (χ4n) is 1.76. The summed E-state index contributed by atoms with van der Waals surface area (Å²) in [7, 11) is 0. The van der Waals surface area contributed by atoms with Crippen LogP contribution >= 0.6 is 47.8 Å². The number of alkyl halides is 2. The summed E-state index contributed by atoms with van der Waals surface area (Å²) in [6.45, 7) is 0. The maximum atomic E-state index is 9.18. The van der Waals surface area contributed by atoms with E-state index in [4.69, 9.17) is 0 Å². The van der Waals surface area contributed by atoms with E-state index >= 15 is 0 Å². The van der Waals surface area contributed by atoms with Gasteiger partial charge in [0.2, 0.25) is 0 Å². The highest BCUT2D eigenvalue weighted by molar-refractivity contribution is 9.25. The second kappa shape index (κ2) is 4.81. The van der Waals surface area contributed by atoms with Gasteiger partial charge in [0.15, 0.2) is 17.5 Å². The largest absolute Gasteiger partial charge is 0.260 e. The fourth-order valence-corrected chi connectivity index (χ4v) is 2.57. The van der Waals surface area contributed by atoms with Crippen LogP contribution in [0.1, 0.15) is 0 Å². The lowest BCUT2D eigenvalue weighted by atomic mass is 10.2. The Kier molecular flexibility index (Phi) is 3.28. The first-order valence-corrected chi connectivity index (χ1v) is 7.76. The van der Waals surface area contributed by atoms with Crippen molar-refractivity contribution in [3.05, 3.63) is 33.8 Å². The molecule has 19 heavy (non-hydrogen) atoms. The first kappa shape index (κ1) is 13.0. The van der Waals surface area contributed by atoms with Crippen LogP contribution in [0.3, 0.4) is 0 Å². The van der Waals surface area contributed by atoms with E-state index in [9.17, 15) is 5.26 Å². The van der Waals surface area contributed by atoms with Gasteiger partial charge in [-0.1, -0.05) is 31.9 Å². The van der Waals surface area contributed by atoms with Crippen LogP contribution in [0.25, 0.3) is 0 Å². The third-order valence-electron chi connectivity index (χ3n) is 2.57. The molecule has 0 saturated carbocycles. The Morgan fingerprint density at radius 1 is 1.26 bits per heavy atom. The standard InChI is InChI=1S/C11H4Br3N5/c12-6-1-2-7-16-4-5(3-15)10-17-9(8(13)14)18-11(6)19(7)10/h1-2,4,8H. The third-order valence-corrected chi connectivity index (χ3v) is 4.01. The maximum Gasteiger partial charge on any atom is 0.161 e. The van der Waals surface area contributed by atoms with Gasteiger partial charge in [0.1, 0.15) is 21.2 Å². The molecule has 3 aliphatic rings. The van der Waals surface area contributed by atoms with Crippen molar-refractivity contribution in [2.45, 2.75) is 3.74 Å². The van der Waals surface area contributed by atoms with Crippen molar-refractivity contribution in [2.24, 2.45) is 15.0 Å². The molecule has 0 aromatic carbocycles. The van der Waals surface area contributed by atoms with Crippen LogP contribution in [0.5, 0.6) is 0 Å². The van der Waals surface area contributed by atoms with E-state index in [1.165, 1.54) is 6.21 Å². The van der Waals surface area contributed by atoms with Crippen LogP contribution in [-0.4, -0.2) is 26.5 Å². The minimum Gasteiger partial charge on any atom is -0.260 e. The summed E-state index contributed by atoms with van der Waals surface area (Å²) >= 11 is 10.2. The van der Waals surface area contributed by atoms with Gasteiger partial charge in [-0.3, -0.25) is 4.90 Å². The molecule has 94 valence electrons. The van der Waals surface area contributed by atoms with E-state index in [0.29, 0.717) is 28.9 Å². The van der Waals surface area contributed by atoms with Crippen molar-refractivity contribution >= 4 is 65.7 Å². The average molecular weight is 446 g/mol. The molecule has 0 spiro atoms. The molecule has 0 amide bonds. The van der Waals surface area contributed by atoms with Crippen molar-refractivity contribution in [2.75, 3.05) is 0 Å². The highest BCUT2D eigenvalue weighted by atomic mass is 79.9. The normalized spacial score (nSPS) is 20.5. The Morgan fingerprint density at radius 3 is 2.74 bits per heavy atom. The van der Waals surface area contributed by atoms with E-state index in [2.05, 4.69) is 68.8 Å². The first-order valence-electron chi connectivity index (χ1n) is 5.13. The summed E-state index contributed by atoms with van der Waals surface area (Å²) in [6, 6.07) is 2.10. The molecule has 0 unspecified atom stereocenters. The Balaban J connectivity index is 2.26. The minimum absolute atomic E-state index is 0.185. The van der Waals surface area contributed by atoms with Gasteiger partial charge in [0.05, 0.1) is 10.7 Å². The molecule has 3 rings (SSSR count). The van der Waals surface area contributed by atoms with Gasteiger partial charge in [0, 0.05) is 0 Å². The molecule has 8 heteroatoms. The number of rotatable bonds is 1. The van der Waals surface area contributed by atoms with Crippen molar-refractivity contribution < 1.29 is 0 Å². The summed E-state index contributed by atoms with van der Waals surface area (Å²) < 4.78 is 0.631. The molecule has 0 atom stereocenters. The summed E-state index contributed by atoms with van der Waals surface area (Å²) in [5.41, 5.74) is 0.407. The Hall–Kier alpha value is -1.04. The monoisotopic (exact) mass is 443 g/mol. The summed E-state index contributed by atoms with van der Waals surface area (Å²) in [5.74, 6) is 2.46. The molecule has 0 aromatic rings. The molecular weight excluding hydrogens is 442 g/mol. The lowest BCUT2D eigenvalue weighted by Gasteiger charge is -2.33. The summed E-state index contributed by atoms with van der Waals surface area (Å²) in [6.07, 6.45) is 5.23. The van der Waals surface area contributed by atoms with E-state index in [1.54, 1.807) is 4.90 Å². The number of halogens is 3. The molecule has 3 heterocycles. The average Bonchev–Trinajstić information content (AvgIpc) is 2.42. The highest BCUT2D eigenvalue weighted by Crippen LogP contribution is 2.34. The predicted molar refractivity (Wildman–Crippen MR) is 84.6 cm³/mol. The molecule has 0 aromatic heterocycles. The number of nitriles is 1. The fraction of sp³-hybridized carbons (Fsp3) is 0.0909. The number of aliphatic imine (C=N–C) groups is 3. The zero-order chi connectivity index (χ0) is 13.6. The van der Waals surface area contributed by atoms with Gasteiger partial charge < -0.3 is 0 Å². The minimum atomic E-state index is -0.185. The van der Waals surface area contributed by atoms with Crippen molar-refractivity contribution in [1.82, 2.24) is 4.90 Å². The number of hydrogen-bond acceptors (Lipinski definition) is 5. The molecule has 3 aliphatic heterocycles. The van der Waals surface area contributed by atoms with E-state index in [1.807, 2.05) is 12.2 Å². The van der Waals surface area contributed by atoms with Gasteiger partial charge >= 0.3 is 0 Å². The van der Waals surface area contributed by atoms with Crippen molar-refractivity contribution in [3.8, 4) is 6.07 Å². The first-order chi connectivity index (χ1) is 9.11. The predicted octanol–water partition coefficient (Wildman–Crippen LogP) is 3.17. The van der Waals surface area contributed by atoms with Crippen LogP contribution in [0.2, 0.25) is 0 Å². The number of amidine groups is 2. The van der Waals surface area contributed by atoms with E-state index in [0.717, 1.165) is 4.48 Å². The number of nitrogens with zero attached hydrogens (tertiary/aromatic N) is 5. The quantitative estimate of drug-likeness (QED) is 0.582. The number of hydrogen-bond donors (Lipinski definition) is 0.